The Morgan fingerprint density at radius 3 is 3.00 bits per heavy atom. The number of nitrogen functional groups attached to an aromatic ring is 1. The van der Waals surface area contributed by atoms with Crippen LogP contribution in [0.3, 0.4) is 0 Å². The van der Waals surface area contributed by atoms with Crippen LogP contribution in [-0.4, -0.2) is 22.8 Å². The molecule has 0 bridgehead atoms. The normalized spacial score (nSPS) is 23.9. The number of hydrogen-bond acceptors (Lipinski definition) is 5. The minimum absolute atomic E-state index is 0.536. The Kier molecular flexibility index (Phi) is 4.69. The van der Waals surface area contributed by atoms with Gasteiger partial charge in [-0.3, -0.25) is 0 Å². The molecule has 0 radical (unpaired) electrons. The molecule has 0 aliphatic heterocycles. The van der Waals surface area contributed by atoms with Crippen LogP contribution in [0.4, 0.5) is 11.6 Å². The van der Waals surface area contributed by atoms with Crippen molar-refractivity contribution in [3.63, 3.8) is 0 Å². The fourth-order valence-corrected chi connectivity index (χ4v) is 3.01. The molecule has 1 fully saturated rings. The molecule has 3 N–H and O–H groups in total. The molecular formula is C13H22N4S. The molecule has 2 atom stereocenters. The van der Waals surface area contributed by atoms with Crippen LogP contribution in [0, 0.1) is 11.8 Å². The highest BCUT2D eigenvalue weighted by Crippen LogP contribution is 2.28. The van der Waals surface area contributed by atoms with Crippen molar-refractivity contribution in [2.45, 2.75) is 37.8 Å². The van der Waals surface area contributed by atoms with Crippen LogP contribution < -0.4 is 11.1 Å². The average Bonchev–Trinajstić information content (AvgIpc) is 2.36. The summed E-state index contributed by atoms with van der Waals surface area (Å²) in [6.45, 7) is 3.34. The summed E-state index contributed by atoms with van der Waals surface area (Å²) in [5, 5.41) is 4.14. The van der Waals surface area contributed by atoms with Gasteiger partial charge in [0.15, 0.2) is 5.16 Å². The molecule has 0 amide bonds. The summed E-state index contributed by atoms with van der Waals surface area (Å²) in [5.74, 6) is 3.02. The van der Waals surface area contributed by atoms with E-state index in [1.165, 1.54) is 37.4 Å². The summed E-state index contributed by atoms with van der Waals surface area (Å²) >= 11 is 1.52. The van der Waals surface area contributed by atoms with Gasteiger partial charge in [-0.1, -0.05) is 31.5 Å². The Morgan fingerprint density at radius 1 is 1.44 bits per heavy atom. The third kappa shape index (κ3) is 3.77. The van der Waals surface area contributed by atoms with Crippen LogP contribution in [0.2, 0.25) is 0 Å². The van der Waals surface area contributed by atoms with E-state index in [4.69, 9.17) is 5.73 Å². The largest absolute Gasteiger partial charge is 0.383 e. The Morgan fingerprint density at radius 2 is 2.28 bits per heavy atom. The summed E-state index contributed by atoms with van der Waals surface area (Å²) < 4.78 is 0. The van der Waals surface area contributed by atoms with E-state index < -0.39 is 0 Å². The number of anilines is 2. The van der Waals surface area contributed by atoms with E-state index >= 15 is 0 Å². The van der Waals surface area contributed by atoms with Crippen LogP contribution in [-0.2, 0) is 0 Å². The standard InChI is InChI=1S/C13H22N4S/c1-9-4-3-5-10(6-9)8-15-12-7-11(14)16-13(17-12)18-2/h7,9-10H,3-6,8H2,1-2H3,(H3,14,15,16,17). The van der Waals surface area contributed by atoms with Crippen molar-refractivity contribution in [2.75, 3.05) is 23.9 Å². The molecule has 5 heteroatoms. The van der Waals surface area contributed by atoms with Gasteiger partial charge in [-0.25, -0.2) is 9.97 Å². The van der Waals surface area contributed by atoms with Crippen molar-refractivity contribution in [3.05, 3.63) is 6.07 Å². The molecule has 1 aromatic heterocycles. The van der Waals surface area contributed by atoms with Crippen LogP contribution in [0.15, 0.2) is 11.2 Å². The third-order valence-electron chi connectivity index (χ3n) is 3.52. The minimum Gasteiger partial charge on any atom is -0.383 e. The second-order valence-electron chi connectivity index (χ2n) is 5.18. The SMILES string of the molecule is CSc1nc(N)cc(NCC2CCCC(C)C2)n1. The molecule has 4 nitrogen and oxygen atoms in total. The molecule has 0 saturated heterocycles. The van der Waals surface area contributed by atoms with Gasteiger partial charge in [-0.15, -0.1) is 0 Å². The molecule has 0 spiro atoms. The predicted octanol–water partition coefficient (Wildman–Crippen LogP) is 3.02. The summed E-state index contributed by atoms with van der Waals surface area (Å²) in [6, 6.07) is 1.81. The second kappa shape index (κ2) is 6.27. The quantitative estimate of drug-likeness (QED) is 0.648. The monoisotopic (exact) mass is 266 g/mol. The maximum atomic E-state index is 5.76. The number of nitrogens with two attached hydrogens (primary N) is 1. The Labute approximate surface area is 113 Å². The first-order valence-electron chi connectivity index (χ1n) is 6.59. The van der Waals surface area contributed by atoms with Gasteiger partial charge in [0, 0.05) is 12.6 Å². The molecule has 1 saturated carbocycles. The van der Waals surface area contributed by atoms with Gasteiger partial charge in [-0.2, -0.15) is 0 Å². The van der Waals surface area contributed by atoms with Crippen molar-refractivity contribution in [1.29, 1.82) is 0 Å². The van der Waals surface area contributed by atoms with Gasteiger partial charge in [0.05, 0.1) is 0 Å². The first-order valence-corrected chi connectivity index (χ1v) is 7.82. The van der Waals surface area contributed by atoms with Gasteiger partial charge in [-0.05, 0) is 30.9 Å². The highest BCUT2D eigenvalue weighted by Gasteiger charge is 2.18. The number of thioether (sulfide) groups is 1. The van der Waals surface area contributed by atoms with Gasteiger partial charge in [0.25, 0.3) is 0 Å². The lowest BCUT2D eigenvalue weighted by atomic mass is 9.82. The van der Waals surface area contributed by atoms with E-state index in [2.05, 4.69) is 22.2 Å². The third-order valence-corrected chi connectivity index (χ3v) is 4.07. The molecule has 2 unspecified atom stereocenters. The van der Waals surface area contributed by atoms with E-state index in [0.717, 1.165) is 29.4 Å². The molecule has 1 heterocycles. The maximum absolute atomic E-state index is 5.76. The fraction of sp³-hybridized carbons (Fsp3) is 0.692. The molecule has 1 aromatic rings. The zero-order valence-electron chi connectivity index (χ0n) is 11.1. The van der Waals surface area contributed by atoms with Crippen molar-refractivity contribution in [3.8, 4) is 0 Å². The lowest BCUT2D eigenvalue weighted by molar-refractivity contribution is 0.293. The number of hydrogen-bond donors (Lipinski definition) is 2. The van der Waals surface area contributed by atoms with Crippen molar-refractivity contribution in [1.82, 2.24) is 9.97 Å². The molecule has 1 aliphatic rings. The van der Waals surface area contributed by atoms with Gasteiger partial charge >= 0.3 is 0 Å². The van der Waals surface area contributed by atoms with Crippen molar-refractivity contribution >= 4 is 23.4 Å². The zero-order valence-corrected chi connectivity index (χ0v) is 12.0. The van der Waals surface area contributed by atoms with Gasteiger partial charge in [0.2, 0.25) is 0 Å². The van der Waals surface area contributed by atoms with E-state index in [0.29, 0.717) is 5.82 Å². The van der Waals surface area contributed by atoms with Crippen LogP contribution in [0.1, 0.15) is 32.6 Å². The Balaban J connectivity index is 1.91. The first kappa shape index (κ1) is 13.5. The number of nitrogens with zero attached hydrogens (tertiary/aromatic N) is 2. The highest BCUT2D eigenvalue weighted by molar-refractivity contribution is 7.98. The first-order chi connectivity index (χ1) is 8.67. The lowest BCUT2D eigenvalue weighted by Crippen LogP contribution is -2.21. The van der Waals surface area contributed by atoms with Gasteiger partial charge in [0.1, 0.15) is 11.6 Å². The number of rotatable bonds is 4. The smallest absolute Gasteiger partial charge is 0.191 e. The second-order valence-corrected chi connectivity index (χ2v) is 5.96. The lowest BCUT2D eigenvalue weighted by Gasteiger charge is -2.26. The molecule has 18 heavy (non-hydrogen) atoms. The van der Waals surface area contributed by atoms with Gasteiger partial charge < -0.3 is 11.1 Å². The topological polar surface area (TPSA) is 63.8 Å². The van der Waals surface area contributed by atoms with E-state index in [9.17, 15) is 0 Å². The summed E-state index contributed by atoms with van der Waals surface area (Å²) in [6.07, 6.45) is 7.35. The number of aromatic nitrogens is 2. The summed E-state index contributed by atoms with van der Waals surface area (Å²) in [7, 11) is 0. The van der Waals surface area contributed by atoms with Crippen LogP contribution in [0.5, 0.6) is 0 Å². The Bertz CT molecular complexity index is 397. The van der Waals surface area contributed by atoms with Crippen LogP contribution in [0.25, 0.3) is 0 Å². The molecule has 0 aromatic carbocycles. The van der Waals surface area contributed by atoms with Crippen molar-refractivity contribution < 1.29 is 0 Å². The van der Waals surface area contributed by atoms with E-state index in [-0.39, 0.29) is 0 Å². The predicted molar refractivity (Wildman–Crippen MR) is 77.8 cm³/mol. The highest BCUT2D eigenvalue weighted by atomic mass is 32.2. The molecule has 2 rings (SSSR count). The van der Waals surface area contributed by atoms with Crippen LogP contribution >= 0.6 is 11.8 Å². The average molecular weight is 266 g/mol. The molecule has 1 aliphatic carbocycles. The van der Waals surface area contributed by atoms with E-state index in [1.807, 2.05) is 12.3 Å². The number of nitrogens with one attached hydrogen (secondary N) is 1. The Hall–Kier alpha value is -0.970. The zero-order chi connectivity index (χ0) is 13.0. The molecule has 100 valence electrons. The van der Waals surface area contributed by atoms with E-state index in [1.54, 1.807) is 0 Å². The minimum atomic E-state index is 0.536. The van der Waals surface area contributed by atoms with Crippen molar-refractivity contribution in [2.24, 2.45) is 11.8 Å². The summed E-state index contributed by atoms with van der Waals surface area (Å²) in [5.41, 5.74) is 5.76. The summed E-state index contributed by atoms with van der Waals surface area (Å²) in [4.78, 5) is 8.57. The fourth-order valence-electron chi connectivity index (χ4n) is 2.62. The maximum Gasteiger partial charge on any atom is 0.191 e. The molecular weight excluding hydrogens is 244 g/mol.